The molecule has 248 valence electrons. The molecule has 2 N–H and O–H groups in total. The molecule has 0 unspecified atom stereocenters. The van der Waals surface area contributed by atoms with Crippen LogP contribution in [0.4, 0.5) is 0 Å². The standard InChI is InChI=1S/C47H35N5/c1-2-3-22-43(48)38-19-11-20-40(29-38)47-51-45(34-15-8-5-9-16-34)50-46(52-47)35-25-23-33(24-26-35)42-31-41(30-39-21-12-27-49-44(39)42)37-18-10-17-36(28-37)32-13-6-4-7-14-32/h2-31H,48H2,1H3/b3-2-,43-22-. The van der Waals surface area contributed by atoms with E-state index in [0.29, 0.717) is 23.2 Å². The van der Waals surface area contributed by atoms with Crippen LogP contribution >= 0.6 is 0 Å². The van der Waals surface area contributed by atoms with Crippen LogP contribution in [-0.2, 0) is 0 Å². The zero-order valence-corrected chi connectivity index (χ0v) is 28.7. The summed E-state index contributed by atoms with van der Waals surface area (Å²) < 4.78 is 0. The van der Waals surface area contributed by atoms with Crippen molar-refractivity contribution in [2.45, 2.75) is 6.92 Å². The SMILES string of the molecule is C/C=C\C=C(/N)c1cccc(-c2nc(-c3ccccc3)nc(-c3ccc(-c4cc(-c5cccc(-c6ccccc6)c5)cc5cccnc45)cc3)n2)c1. The number of pyridine rings is 1. The van der Waals surface area contributed by atoms with Crippen molar-refractivity contribution < 1.29 is 0 Å². The molecular formula is C47H35N5. The predicted molar refractivity (Wildman–Crippen MR) is 215 cm³/mol. The van der Waals surface area contributed by atoms with Crippen molar-refractivity contribution in [3.63, 3.8) is 0 Å². The van der Waals surface area contributed by atoms with Crippen LogP contribution in [0.2, 0.25) is 0 Å². The highest BCUT2D eigenvalue weighted by Crippen LogP contribution is 2.36. The van der Waals surface area contributed by atoms with Crippen LogP contribution in [0, 0.1) is 0 Å². The third-order valence-electron chi connectivity index (χ3n) is 9.05. The average Bonchev–Trinajstić information content (AvgIpc) is 3.23. The summed E-state index contributed by atoms with van der Waals surface area (Å²) in [4.78, 5) is 19.7. The molecule has 0 saturated heterocycles. The van der Waals surface area contributed by atoms with Gasteiger partial charge in [0.15, 0.2) is 17.5 Å². The van der Waals surface area contributed by atoms with Gasteiger partial charge in [0.25, 0.3) is 0 Å². The van der Waals surface area contributed by atoms with Gasteiger partial charge in [-0.05, 0) is 76.7 Å². The topological polar surface area (TPSA) is 77.6 Å². The molecule has 0 spiro atoms. The molecule has 0 atom stereocenters. The summed E-state index contributed by atoms with van der Waals surface area (Å²) in [5.74, 6) is 1.77. The zero-order chi connectivity index (χ0) is 35.3. The van der Waals surface area contributed by atoms with Gasteiger partial charge in [0.2, 0.25) is 0 Å². The van der Waals surface area contributed by atoms with E-state index in [1.807, 2.05) is 98.1 Å². The molecular weight excluding hydrogens is 635 g/mol. The molecule has 2 heterocycles. The molecule has 0 aliphatic rings. The number of hydrogen-bond acceptors (Lipinski definition) is 5. The smallest absolute Gasteiger partial charge is 0.164 e. The summed E-state index contributed by atoms with van der Waals surface area (Å²) in [7, 11) is 0. The van der Waals surface area contributed by atoms with Crippen LogP contribution in [0.15, 0.2) is 182 Å². The number of hydrogen-bond donors (Lipinski definition) is 1. The Morgan fingerprint density at radius 3 is 1.77 bits per heavy atom. The molecule has 2 aromatic heterocycles. The van der Waals surface area contributed by atoms with Crippen LogP contribution in [0.5, 0.6) is 0 Å². The number of nitrogens with zero attached hydrogens (tertiary/aromatic N) is 4. The lowest BCUT2D eigenvalue weighted by Crippen LogP contribution is -2.01. The molecule has 8 aromatic rings. The predicted octanol–water partition coefficient (Wildman–Crippen LogP) is 11.3. The van der Waals surface area contributed by atoms with Gasteiger partial charge in [0.1, 0.15) is 0 Å². The van der Waals surface area contributed by atoms with Gasteiger partial charge in [-0.3, -0.25) is 4.98 Å². The third-order valence-corrected chi connectivity index (χ3v) is 9.05. The number of allylic oxidation sites excluding steroid dienone is 3. The molecule has 5 heteroatoms. The average molecular weight is 670 g/mol. The summed E-state index contributed by atoms with van der Waals surface area (Å²) >= 11 is 0. The molecule has 0 amide bonds. The van der Waals surface area contributed by atoms with Crippen molar-refractivity contribution >= 4 is 16.6 Å². The minimum atomic E-state index is 0.578. The highest BCUT2D eigenvalue weighted by molar-refractivity contribution is 5.98. The zero-order valence-electron chi connectivity index (χ0n) is 28.7. The van der Waals surface area contributed by atoms with Gasteiger partial charge in [-0.15, -0.1) is 0 Å². The Hall–Kier alpha value is -6.98. The third kappa shape index (κ3) is 6.76. The fraction of sp³-hybridized carbons (Fsp3) is 0.0213. The number of fused-ring (bicyclic) bond motifs is 1. The van der Waals surface area contributed by atoms with Crippen molar-refractivity contribution in [1.29, 1.82) is 0 Å². The lowest BCUT2D eigenvalue weighted by atomic mass is 9.93. The Bertz CT molecular complexity index is 2570. The van der Waals surface area contributed by atoms with Crippen LogP contribution in [0.25, 0.3) is 84.1 Å². The number of nitrogens with two attached hydrogens (primary N) is 1. The highest BCUT2D eigenvalue weighted by Gasteiger charge is 2.15. The summed E-state index contributed by atoms with van der Waals surface area (Å²) in [5.41, 5.74) is 18.4. The lowest BCUT2D eigenvalue weighted by molar-refractivity contribution is 1.07. The lowest BCUT2D eigenvalue weighted by Gasteiger charge is -2.13. The van der Waals surface area contributed by atoms with Gasteiger partial charge in [0, 0.05) is 39.5 Å². The summed E-state index contributed by atoms with van der Waals surface area (Å²) in [5, 5.41) is 1.09. The number of benzene rings is 6. The monoisotopic (exact) mass is 669 g/mol. The first-order valence-electron chi connectivity index (χ1n) is 17.3. The van der Waals surface area contributed by atoms with Crippen LogP contribution in [0.1, 0.15) is 12.5 Å². The molecule has 0 aliphatic heterocycles. The van der Waals surface area contributed by atoms with E-state index in [-0.39, 0.29) is 0 Å². The van der Waals surface area contributed by atoms with Gasteiger partial charge in [-0.2, -0.15) is 0 Å². The number of aromatic nitrogens is 4. The fourth-order valence-corrected chi connectivity index (χ4v) is 6.37. The van der Waals surface area contributed by atoms with E-state index < -0.39 is 0 Å². The van der Waals surface area contributed by atoms with Crippen molar-refractivity contribution in [3.05, 3.63) is 188 Å². The first-order valence-corrected chi connectivity index (χ1v) is 17.3. The Labute approximate surface area is 303 Å². The highest BCUT2D eigenvalue weighted by atomic mass is 15.0. The molecule has 8 rings (SSSR count). The van der Waals surface area contributed by atoms with Gasteiger partial charge >= 0.3 is 0 Å². The van der Waals surface area contributed by atoms with E-state index >= 15 is 0 Å². The Balaban J connectivity index is 1.20. The first kappa shape index (κ1) is 32.2. The van der Waals surface area contributed by atoms with Crippen LogP contribution in [0.3, 0.4) is 0 Å². The van der Waals surface area contributed by atoms with E-state index in [9.17, 15) is 0 Å². The minimum absolute atomic E-state index is 0.578. The first-order chi connectivity index (χ1) is 25.6. The summed E-state index contributed by atoms with van der Waals surface area (Å²) in [6.45, 7) is 1.96. The molecule has 6 aromatic carbocycles. The maximum Gasteiger partial charge on any atom is 0.164 e. The largest absolute Gasteiger partial charge is 0.398 e. The molecule has 0 aliphatic carbocycles. The Kier molecular flexibility index (Phi) is 8.97. The van der Waals surface area contributed by atoms with E-state index in [2.05, 4.69) is 91.0 Å². The van der Waals surface area contributed by atoms with E-state index in [1.54, 1.807) is 0 Å². The normalized spacial score (nSPS) is 11.7. The number of rotatable bonds is 8. The van der Waals surface area contributed by atoms with Crippen molar-refractivity contribution in [2.24, 2.45) is 5.73 Å². The quantitative estimate of drug-likeness (QED) is 0.163. The van der Waals surface area contributed by atoms with E-state index in [4.69, 9.17) is 25.7 Å². The molecule has 52 heavy (non-hydrogen) atoms. The van der Waals surface area contributed by atoms with Gasteiger partial charge in [0.05, 0.1) is 5.52 Å². The van der Waals surface area contributed by atoms with E-state index in [1.165, 1.54) is 11.1 Å². The van der Waals surface area contributed by atoms with Gasteiger partial charge < -0.3 is 5.73 Å². The van der Waals surface area contributed by atoms with Gasteiger partial charge in [-0.25, -0.2) is 15.0 Å². The van der Waals surface area contributed by atoms with Crippen LogP contribution < -0.4 is 5.73 Å². The molecule has 0 saturated carbocycles. The molecule has 0 bridgehead atoms. The minimum Gasteiger partial charge on any atom is -0.398 e. The van der Waals surface area contributed by atoms with Crippen LogP contribution in [-0.4, -0.2) is 19.9 Å². The van der Waals surface area contributed by atoms with Crippen molar-refractivity contribution in [3.8, 4) is 67.5 Å². The summed E-state index contributed by atoms with van der Waals surface area (Å²) in [6, 6.07) is 54.2. The molecule has 5 nitrogen and oxygen atoms in total. The van der Waals surface area contributed by atoms with Crippen molar-refractivity contribution in [2.75, 3.05) is 0 Å². The Morgan fingerprint density at radius 2 is 1.06 bits per heavy atom. The maximum atomic E-state index is 6.39. The van der Waals surface area contributed by atoms with Gasteiger partial charge in [-0.1, -0.05) is 140 Å². The second-order valence-electron chi connectivity index (χ2n) is 12.5. The second-order valence-corrected chi connectivity index (χ2v) is 12.5. The molecule has 0 radical (unpaired) electrons. The fourth-order valence-electron chi connectivity index (χ4n) is 6.37. The maximum absolute atomic E-state index is 6.39. The molecule has 0 fully saturated rings. The van der Waals surface area contributed by atoms with Crippen molar-refractivity contribution in [1.82, 2.24) is 19.9 Å². The van der Waals surface area contributed by atoms with E-state index in [0.717, 1.165) is 55.4 Å². The Morgan fingerprint density at radius 1 is 0.481 bits per heavy atom. The summed E-state index contributed by atoms with van der Waals surface area (Å²) in [6.07, 6.45) is 7.63. The second kappa shape index (κ2) is 14.5.